The molecular weight excluding hydrogens is 226 g/mol. The molecule has 1 aromatic heterocycles. The zero-order valence-electron chi connectivity index (χ0n) is 8.99. The number of nitrogens with one attached hydrogen (secondary N) is 1. The van der Waals surface area contributed by atoms with Gasteiger partial charge in [0.15, 0.2) is 10.5 Å². The summed E-state index contributed by atoms with van der Waals surface area (Å²) in [4.78, 5) is 20.1. The minimum absolute atomic E-state index is 0.106. The second-order valence-corrected chi connectivity index (χ2v) is 4.16. The number of likely N-dealkylation sites (N-methyl/N-ethyl adjacent to an activating group) is 1. The van der Waals surface area contributed by atoms with E-state index in [2.05, 4.69) is 21.8 Å². The predicted octanol–water partition coefficient (Wildman–Crippen LogP) is 1.22. The number of rotatable bonds is 2. The Balaban J connectivity index is 2.49. The van der Waals surface area contributed by atoms with Crippen LogP contribution in [0, 0.1) is 4.77 Å². The van der Waals surface area contributed by atoms with Crippen molar-refractivity contribution >= 4 is 18.2 Å². The number of fused-ring (bicyclic) bond motifs is 1. The number of aromatic amines is 1. The lowest BCUT2D eigenvalue weighted by atomic mass is 10.0. The fourth-order valence-corrected chi connectivity index (χ4v) is 2.18. The number of H-pyrrole nitrogens is 1. The minimum Gasteiger partial charge on any atom is -0.476 e. The number of carboxylic acid groups (broad SMARTS) is 1. The van der Waals surface area contributed by atoms with E-state index in [9.17, 15) is 4.79 Å². The molecule has 0 aliphatic carbocycles. The van der Waals surface area contributed by atoms with E-state index in [4.69, 9.17) is 17.3 Å². The van der Waals surface area contributed by atoms with Crippen molar-refractivity contribution in [2.24, 2.45) is 0 Å². The summed E-state index contributed by atoms with van der Waals surface area (Å²) >= 11 is 4.93. The van der Waals surface area contributed by atoms with Crippen molar-refractivity contribution in [1.82, 2.24) is 14.9 Å². The summed E-state index contributed by atoms with van der Waals surface area (Å²) in [5.41, 5.74) is 1.80. The van der Waals surface area contributed by atoms with E-state index in [0.717, 1.165) is 30.9 Å². The maximum atomic E-state index is 11.0. The van der Waals surface area contributed by atoms with E-state index in [-0.39, 0.29) is 10.5 Å². The van der Waals surface area contributed by atoms with Crippen LogP contribution in [0.2, 0.25) is 0 Å². The molecule has 0 amide bonds. The summed E-state index contributed by atoms with van der Waals surface area (Å²) in [5.74, 6) is -0.999. The molecule has 5 nitrogen and oxygen atoms in total. The standard InChI is InChI=1S/C10H13N3O2S/c1-2-13-4-3-6-7(5-13)11-10(16)12-8(6)9(14)15/h2-5H2,1H3,(H,14,15)(H,11,12,16). The first kappa shape index (κ1) is 11.2. The summed E-state index contributed by atoms with van der Waals surface area (Å²) in [6.07, 6.45) is 0.712. The Kier molecular flexibility index (Phi) is 3.02. The van der Waals surface area contributed by atoms with E-state index in [1.807, 2.05) is 0 Å². The van der Waals surface area contributed by atoms with Gasteiger partial charge in [0.2, 0.25) is 0 Å². The summed E-state index contributed by atoms with van der Waals surface area (Å²) in [6.45, 7) is 4.62. The lowest BCUT2D eigenvalue weighted by molar-refractivity contribution is 0.0687. The molecule has 0 atom stereocenters. The topological polar surface area (TPSA) is 69.2 Å². The van der Waals surface area contributed by atoms with Crippen molar-refractivity contribution in [1.29, 1.82) is 0 Å². The number of nitrogens with zero attached hydrogens (tertiary/aromatic N) is 2. The highest BCUT2D eigenvalue weighted by molar-refractivity contribution is 7.71. The average molecular weight is 239 g/mol. The molecule has 0 aromatic carbocycles. The fourth-order valence-electron chi connectivity index (χ4n) is 1.97. The smallest absolute Gasteiger partial charge is 0.354 e. The highest BCUT2D eigenvalue weighted by Crippen LogP contribution is 2.19. The molecular formula is C10H13N3O2S. The molecule has 0 fully saturated rings. The third-order valence-corrected chi connectivity index (χ3v) is 3.02. The first-order chi connectivity index (χ1) is 7.61. The van der Waals surface area contributed by atoms with Crippen LogP contribution in [0.5, 0.6) is 0 Å². The van der Waals surface area contributed by atoms with Crippen LogP contribution in [-0.4, -0.2) is 39.0 Å². The SMILES string of the molecule is CCN1CCc2c(C(=O)O)nc(=S)[nH]c2C1. The van der Waals surface area contributed by atoms with Crippen LogP contribution >= 0.6 is 12.2 Å². The zero-order chi connectivity index (χ0) is 11.7. The van der Waals surface area contributed by atoms with Gasteiger partial charge in [0.25, 0.3) is 0 Å². The first-order valence-corrected chi connectivity index (χ1v) is 5.60. The number of hydrogen-bond donors (Lipinski definition) is 2. The third-order valence-electron chi connectivity index (χ3n) is 2.83. The van der Waals surface area contributed by atoms with Crippen LogP contribution in [0.1, 0.15) is 28.7 Å². The van der Waals surface area contributed by atoms with Gasteiger partial charge in [0.1, 0.15) is 0 Å². The number of aromatic nitrogens is 2. The predicted molar refractivity (Wildman–Crippen MR) is 61.0 cm³/mol. The summed E-state index contributed by atoms with van der Waals surface area (Å²) in [6, 6.07) is 0. The second kappa shape index (κ2) is 4.31. The van der Waals surface area contributed by atoms with Crippen molar-refractivity contribution < 1.29 is 9.90 Å². The zero-order valence-corrected chi connectivity index (χ0v) is 9.80. The molecule has 2 rings (SSSR count). The molecule has 0 saturated heterocycles. The normalized spacial score (nSPS) is 15.8. The monoisotopic (exact) mass is 239 g/mol. The lowest BCUT2D eigenvalue weighted by Gasteiger charge is -2.27. The Bertz CT molecular complexity index is 483. The van der Waals surface area contributed by atoms with Crippen LogP contribution in [0.3, 0.4) is 0 Å². The van der Waals surface area contributed by atoms with E-state index >= 15 is 0 Å². The Morgan fingerprint density at radius 3 is 3.06 bits per heavy atom. The Morgan fingerprint density at radius 1 is 1.69 bits per heavy atom. The number of hydrogen-bond acceptors (Lipinski definition) is 4. The van der Waals surface area contributed by atoms with Crippen molar-refractivity contribution in [3.8, 4) is 0 Å². The summed E-state index contributed by atoms with van der Waals surface area (Å²) in [7, 11) is 0. The molecule has 86 valence electrons. The highest BCUT2D eigenvalue weighted by Gasteiger charge is 2.22. The molecule has 6 heteroatoms. The second-order valence-electron chi connectivity index (χ2n) is 3.77. The maximum Gasteiger partial charge on any atom is 0.354 e. The Labute approximate surface area is 98.1 Å². The van der Waals surface area contributed by atoms with Crippen LogP contribution in [-0.2, 0) is 13.0 Å². The number of aromatic carboxylic acids is 1. The van der Waals surface area contributed by atoms with Gasteiger partial charge in [-0.3, -0.25) is 4.90 Å². The molecule has 2 N–H and O–H groups in total. The molecule has 1 aromatic rings. The van der Waals surface area contributed by atoms with Crippen LogP contribution < -0.4 is 0 Å². The van der Waals surface area contributed by atoms with Crippen LogP contribution in [0.25, 0.3) is 0 Å². The maximum absolute atomic E-state index is 11.0. The van der Waals surface area contributed by atoms with Crippen molar-refractivity contribution in [2.75, 3.05) is 13.1 Å². The largest absolute Gasteiger partial charge is 0.476 e. The van der Waals surface area contributed by atoms with E-state index in [1.54, 1.807) is 0 Å². The van der Waals surface area contributed by atoms with Crippen molar-refractivity contribution in [3.63, 3.8) is 0 Å². The van der Waals surface area contributed by atoms with Crippen molar-refractivity contribution in [2.45, 2.75) is 19.9 Å². The van der Waals surface area contributed by atoms with Gasteiger partial charge < -0.3 is 10.1 Å². The highest BCUT2D eigenvalue weighted by atomic mass is 32.1. The quantitative estimate of drug-likeness (QED) is 0.759. The molecule has 0 unspecified atom stereocenters. The van der Waals surface area contributed by atoms with E-state index < -0.39 is 5.97 Å². The van der Waals surface area contributed by atoms with E-state index in [1.165, 1.54) is 0 Å². The molecule has 1 aliphatic rings. The fraction of sp³-hybridized carbons (Fsp3) is 0.500. The van der Waals surface area contributed by atoms with E-state index in [0.29, 0.717) is 6.42 Å². The Morgan fingerprint density at radius 2 is 2.44 bits per heavy atom. The Hall–Kier alpha value is -1.27. The van der Waals surface area contributed by atoms with Crippen molar-refractivity contribution in [3.05, 3.63) is 21.7 Å². The van der Waals surface area contributed by atoms with Crippen LogP contribution in [0.4, 0.5) is 0 Å². The number of carbonyl (C=O) groups is 1. The third kappa shape index (κ3) is 1.98. The average Bonchev–Trinajstić information content (AvgIpc) is 2.26. The van der Waals surface area contributed by atoms with Gasteiger partial charge >= 0.3 is 5.97 Å². The molecule has 16 heavy (non-hydrogen) atoms. The summed E-state index contributed by atoms with van der Waals surface area (Å²) < 4.78 is 0.245. The van der Waals surface area contributed by atoms with Gasteiger partial charge in [-0.25, -0.2) is 9.78 Å². The van der Waals surface area contributed by atoms with Gasteiger partial charge in [0, 0.05) is 24.3 Å². The number of carboxylic acids is 1. The van der Waals surface area contributed by atoms with Gasteiger partial charge in [-0.2, -0.15) is 0 Å². The van der Waals surface area contributed by atoms with Crippen LogP contribution in [0.15, 0.2) is 0 Å². The molecule has 0 spiro atoms. The first-order valence-electron chi connectivity index (χ1n) is 5.19. The minimum atomic E-state index is -0.999. The lowest BCUT2D eigenvalue weighted by Crippen LogP contribution is -2.32. The molecule has 0 bridgehead atoms. The molecule has 0 saturated carbocycles. The van der Waals surface area contributed by atoms with Gasteiger partial charge in [0.05, 0.1) is 0 Å². The molecule has 2 heterocycles. The van der Waals surface area contributed by atoms with Gasteiger partial charge in [-0.15, -0.1) is 0 Å². The summed E-state index contributed by atoms with van der Waals surface area (Å²) in [5, 5.41) is 9.05. The van der Waals surface area contributed by atoms with Gasteiger partial charge in [-0.1, -0.05) is 6.92 Å². The molecule has 1 aliphatic heterocycles. The van der Waals surface area contributed by atoms with Gasteiger partial charge in [-0.05, 0) is 25.2 Å². The molecule has 0 radical (unpaired) electrons.